The minimum atomic E-state index is -0.0669. The molecule has 2 heterocycles. The van der Waals surface area contributed by atoms with E-state index in [1.807, 2.05) is 29.0 Å². The minimum absolute atomic E-state index is 0.0669. The van der Waals surface area contributed by atoms with Crippen molar-refractivity contribution in [3.8, 4) is 0 Å². The van der Waals surface area contributed by atoms with Gasteiger partial charge in [-0.2, -0.15) is 5.10 Å². The Labute approximate surface area is 76.2 Å². The molecule has 1 aliphatic carbocycles. The largest absolute Gasteiger partial charge is 0.321 e. The van der Waals surface area contributed by atoms with Crippen LogP contribution >= 0.6 is 0 Å². The van der Waals surface area contributed by atoms with Crippen molar-refractivity contribution in [3.63, 3.8) is 0 Å². The van der Waals surface area contributed by atoms with E-state index in [9.17, 15) is 0 Å². The lowest BCUT2D eigenvalue weighted by Gasteiger charge is -2.09. The molecule has 0 bridgehead atoms. The SMILES string of the molecule is NC1(c2cccn3nccc23)CC1. The molecule has 1 fully saturated rings. The molecule has 2 aromatic rings. The Morgan fingerprint density at radius 1 is 1.38 bits per heavy atom. The first-order valence-corrected chi connectivity index (χ1v) is 4.51. The third-order valence-corrected chi connectivity index (χ3v) is 2.76. The summed E-state index contributed by atoms with van der Waals surface area (Å²) >= 11 is 0. The number of rotatable bonds is 1. The first-order chi connectivity index (χ1) is 6.30. The summed E-state index contributed by atoms with van der Waals surface area (Å²) in [4.78, 5) is 0. The summed E-state index contributed by atoms with van der Waals surface area (Å²) in [7, 11) is 0. The zero-order valence-electron chi connectivity index (χ0n) is 7.27. The number of nitrogens with zero attached hydrogens (tertiary/aromatic N) is 2. The summed E-state index contributed by atoms with van der Waals surface area (Å²) in [5.41, 5.74) is 8.46. The number of hydrogen-bond acceptors (Lipinski definition) is 2. The van der Waals surface area contributed by atoms with Gasteiger partial charge in [-0.25, -0.2) is 4.52 Å². The van der Waals surface area contributed by atoms with Crippen LogP contribution in [0.3, 0.4) is 0 Å². The molecule has 66 valence electrons. The van der Waals surface area contributed by atoms with Crippen molar-refractivity contribution in [3.05, 3.63) is 36.2 Å². The highest BCUT2D eigenvalue weighted by Crippen LogP contribution is 2.44. The average molecular weight is 173 g/mol. The van der Waals surface area contributed by atoms with Crippen LogP contribution in [0, 0.1) is 0 Å². The zero-order valence-corrected chi connectivity index (χ0v) is 7.27. The van der Waals surface area contributed by atoms with Crippen molar-refractivity contribution in [1.29, 1.82) is 0 Å². The van der Waals surface area contributed by atoms with E-state index in [2.05, 4.69) is 11.2 Å². The number of aromatic nitrogens is 2. The molecular formula is C10H11N3. The molecule has 0 unspecified atom stereocenters. The van der Waals surface area contributed by atoms with Crippen molar-refractivity contribution in [2.24, 2.45) is 5.73 Å². The summed E-state index contributed by atoms with van der Waals surface area (Å²) in [6, 6.07) is 6.12. The van der Waals surface area contributed by atoms with Gasteiger partial charge in [0.1, 0.15) is 0 Å². The zero-order chi connectivity index (χ0) is 8.89. The molecule has 3 heteroatoms. The normalized spacial score (nSPS) is 19.2. The van der Waals surface area contributed by atoms with Gasteiger partial charge in [-0.15, -0.1) is 0 Å². The lowest BCUT2D eigenvalue weighted by molar-refractivity contribution is 0.739. The van der Waals surface area contributed by atoms with Crippen LogP contribution in [-0.2, 0) is 5.54 Å². The van der Waals surface area contributed by atoms with Gasteiger partial charge in [-0.3, -0.25) is 0 Å². The topological polar surface area (TPSA) is 43.3 Å². The molecule has 0 atom stereocenters. The maximum atomic E-state index is 6.15. The summed E-state index contributed by atoms with van der Waals surface area (Å²) in [6.45, 7) is 0. The first-order valence-electron chi connectivity index (χ1n) is 4.51. The molecule has 0 aliphatic heterocycles. The Morgan fingerprint density at radius 3 is 3.00 bits per heavy atom. The lowest BCUT2D eigenvalue weighted by Crippen LogP contribution is -2.19. The quantitative estimate of drug-likeness (QED) is 0.706. The lowest BCUT2D eigenvalue weighted by atomic mass is 10.1. The van der Waals surface area contributed by atoms with E-state index < -0.39 is 0 Å². The van der Waals surface area contributed by atoms with Gasteiger partial charge in [0.2, 0.25) is 0 Å². The Bertz CT molecular complexity index is 454. The van der Waals surface area contributed by atoms with Crippen LogP contribution in [0.15, 0.2) is 30.6 Å². The van der Waals surface area contributed by atoms with E-state index in [-0.39, 0.29) is 5.54 Å². The van der Waals surface area contributed by atoms with Gasteiger partial charge in [-0.1, -0.05) is 6.07 Å². The second kappa shape index (κ2) is 2.12. The van der Waals surface area contributed by atoms with E-state index in [0.29, 0.717) is 0 Å². The van der Waals surface area contributed by atoms with Crippen LogP contribution in [-0.4, -0.2) is 9.61 Å². The molecule has 1 aliphatic rings. The van der Waals surface area contributed by atoms with Crippen molar-refractivity contribution in [1.82, 2.24) is 9.61 Å². The number of nitrogens with two attached hydrogens (primary N) is 1. The van der Waals surface area contributed by atoms with Gasteiger partial charge in [0.15, 0.2) is 0 Å². The van der Waals surface area contributed by atoms with Gasteiger partial charge in [-0.05, 0) is 30.5 Å². The maximum absolute atomic E-state index is 6.15. The molecule has 3 nitrogen and oxygen atoms in total. The molecule has 0 saturated heterocycles. The third-order valence-electron chi connectivity index (χ3n) is 2.76. The van der Waals surface area contributed by atoms with E-state index in [0.717, 1.165) is 18.4 Å². The van der Waals surface area contributed by atoms with Crippen molar-refractivity contribution >= 4 is 5.52 Å². The second-order valence-corrected chi connectivity index (χ2v) is 3.74. The van der Waals surface area contributed by atoms with Gasteiger partial charge in [0.05, 0.1) is 5.52 Å². The highest BCUT2D eigenvalue weighted by molar-refractivity contribution is 5.58. The van der Waals surface area contributed by atoms with Crippen LogP contribution in [0.1, 0.15) is 18.4 Å². The van der Waals surface area contributed by atoms with E-state index in [1.54, 1.807) is 0 Å². The predicted octanol–water partition coefficient (Wildman–Crippen LogP) is 1.28. The molecule has 0 amide bonds. The van der Waals surface area contributed by atoms with E-state index in [4.69, 9.17) is 5.73 Å². The van der Waals surface area contributed by atoms with Crippen LogP contribution in [0.5, 0.6) is 0 Å². The Balaban J connectivity index is 2.33. The van der Waals surface area contributed by atoms with Crippen molar-refractivity contribution < 1.29 is 0 Å². The minimum Gasteiger partial charge on any atom is -0.321 e. The fourth-order valence-electron chi connectivity index (χ4n) is 1.78. The Morgan fingerprint density at radius 2 is 2.23 bits per heavy atom. The summed E-state index contributed by atoms with van der Waals surface area (Å²) in [5.74, 6) is 0. The molecular weight excluding hydrogens is 162 g/mol. The maximum Gasteiger partial charge on any atom is 0.0712 e. The van der Waals surface area contributed by atoms with E-state index in [1.165, 1.54) is 5.56 Å². The molecule has 0 spiro atoms. The third kappa shape index (κ3) is 0.906. The first kappa shape index (κ1) is 7.09. The van der Waals surface area contributed by atoms with Crippen molar-refractivity contribution in [2.45, 2.75) is 18.4 Å². The van der Waals surface area contributed by atoms with Crippen LogP contribution in [0.25, 0.3) is 5.52 Å². The standard InChI is InChI=1S/C10H11N3/c11-10(4-5-10)8-2-1-7-13-9(8)3-6-12-13/h1-3,6-7H,4-5,11H2. The molecule has 0 aromatic carbocycles. The average Bonchev–Trinajstić information content (AvgIpc) is 2.72. The summed E-state index contributed by atoms with van der Waals surface area (Å²) < 4.78 is 1.88. The number of hydrogen-bond donors (Lipinski definition) is 1. The summed E-state index contributed by atoms with van der Waals surface area (Å²) in [6.07, 6.45) is 5.95. The van der Waals surface area contributed by atoms with Gasteiger partial charge < -0.3 is 5.73 Å². The Hall–Kier alpha value is -1.35. The fourth-order valence-corrected chi connectivity index (χ4v) is 1.78. The highest BCUT2D eigenvalue weighted by atomic mass is 15.2. The van der Waals surface area contributed by atoms with Crippen molar-refractivity contribution in [2.75, 3.05) is 0 Å². The fraction of sp³-hybridized carbons (Fsp3) is 0.300. The van der Waals surface area contributed by atoms with Crippen LogP contribution < -0.4 is 5.73 Å². The van der Waals surface area contributed by atoms with Crippen LogP contribution in [0.4, 0.5) is 0 Å². The van der Waals surface area contributed by atoms with Gasteiger partial charge in [0, 0.05) is 17.9 Å². The van der Waals surface area contributed by atoms with Gasteiger partial charge in [0.25, 0.3) is 0 Å². The number of fused-ring (bicyclic) bond motifs is 1. The number of pyridine rings is 1. The molecule has 2 aromatic heterocycles. The molecule has 2 N–H and O–H groups in total. The summed E-state index contributed by atoms with van der Waals surface area (Å²) in [5, 5.41) is 4.18. The van der Waals surface area contributed by atoms with Crippen LogP contribution in [0.2, 0.25) is 0 Å². The smallest absolute Gasteiger partial charge is 0.0712 e. The molecule has 0 radical (unpaired) electrons. The molecule has 1 saturated carbocycles. The Kier molecular flexibility index (Phi) is 1.15. The highest BCUT2D eigenvalue weighted by Gasteiger charge is 2.41. The molecule has 3 rings (SSSR count). The molecule has 13 heavy (non-hydrogen) atoms. The monoisotopic (exact) mass is 173 g/mol. The predicted molar refractivity (Wildman–Crippen MR) is 50.3 cm³/mol. The second-order valence-electron chi connectivity index (χ2n) is 3.74. The van der Waals surface area contributed by atoms with Gasteiger partial charge >= 0.3 is 0 Å². The van der Waals surface area contributed by atoms with E-state index >= 15 is 0 Å².